The molecule has 2 amide bonds. The number of benzene rings is 1. The molecule has 6 nitrogen and oxygen atoms in total. The van der Waals surface area contributed by atoms with Gasteiger partial charge in [0.05, 0.1) is 13.7 Å². The molecule has 0 radical (unpaired) electrons. The summed E-state index contributed by atoms with van der Waals surface area (Å²) < 4.78 is 5.25. The van der Waals surface area contributed by atoms with E-state index in [1.807, 2.05) is 30.3 Å². The fourth-order valence-corrected chi connectivity index (χ4v) is 2.41. The van der Waals surface area contributed by atoms with E-state index in [0.717, 1.165) is 24.4 Å². The molecule has 2 rings (SSSR count). The van der Waals surface area contributed by atoms with Gasteiger partial charge in [-0.2, -0.15) is 0 Å². The number of carbonyl (C=O) groups excluding carboxylic acids is 1. The van der Waals surface area contributed by atoms with Crippen LogP contribution in [0.4, 0.5) is 4.79 Å². The minimum Gasteiger partial charge on any atom is -0.496 e. The monoisotopic (exact) mass is 305 g/mol. The van der Waals surface area contributed by atoms with Crippen LogP contribution in [0.5, 0.6) is 5.75 Å². The smallest absolute Gasteiger partial charge is 0.321 e. The van der Waals surface area contributed by atoms with Crippen LogP contribution in [-0.2, 0) is 0 Å². The SMILES string of the molecule is COc1ccccc1/C=C/NC(=O)N1CCN(CCO)CC1. The average Bonchev–Trinajstić information content (AvgIpc) is 2.56. The van der Waals surface area contributed by atoms with Crippen LogP contribution in [0.2, 0.25) is 0 Å². The largest absolute Gasteiger partial charge is 0.496 e. The van der Waals surface area contributed by atoms with Crippen molar-refractivity contribution in [2.75, 3.05) is 46.4 Å². The first kappa shape index (κ1) is 16.3. The molecule has 0 spiro atoms. The maximum absolute atomic E-state index is 12.1. The number of nitrogens with one attached hydrogen (secondary N) is 1. The molecule has 1 aliphatic rings. The minimum atomic E-state index is -0.102. The van der Waals surface area contributed by atoms with Crippen LogP contribution in [0, 0.1) is 0 Å². The second kappa shape index (κ2) is 8.41. The van der Waals surface area contributed by atoms with Gasteiger partial charge < -0.3 is 20.1 Å². The zero-order chi connectivity index (χ0) is 15.8. The van der Waals surface area contributed by atoms with Gasteiger partial charge in [-0.05, 0) is 12.1 Å². The summed E-state index contributed by atoms with van der Waals surface area (Å²) in [4.78, 5) is 16.0. The molecule has 2 N–H and O–H groups in total. The van der Waals surface area contributed by atoms with Gasteiger partial charge in [0.25, 0.3) is 0 Å². The summed E-state index contributed by atoms with van der Waals surface area (Å²) in [6.45, 7) is 3.77. The number of ether oxygens (including phenoxy) is 1. The van der Waals surface area contributed by atoms with Gasteiger partial charge in [-0.25, -0.2) is 4.79 Å². The Morgan fingerprint density at radius 1 is 1.32 bits per heavy atom. The van der Waals surface area contributed by atoms with E-state index in [2.05, 4.69) is 10.2 Å². The lowest BCUT2D eigenvalue weighted by molar-refractivity contribution is 0.123. The summed E-state index contributed by atoms with van der Waals surface area (Å²) in [7, 11) is 1.62. The number of urea groups is 1. The van der Waals surface area contributed by atoms with Gasteiger partial charge in [-0.3, -0.25) is 4.90 Å². The molecule has 1 aliphatic heterocycles. The average molecular weight is 305 g/mol. The molecule has 1 aromatic carbocycles. The van der Waals surface area contributed by atoms with Crippen molar-refractivity contribution in [3.63, 3.8) is 0 Å². The van der Waals surface area contributed by atoms with Gasteiger partial charge >= 0.3 is 6.03 Å². The number of hydrogen-bond acceptors (Lipinski definition) is 4. The highest BCUT2D eigenvalue weighted by molar-refractivity contribution is 5.76. The second-order valence-corrected chi connectivity index (χ2v) is 5.08. The quantitative estimate of drug-likeness (QED) is 0.851. The third kappa shape index (κ3) is 4.47. The maximum Gasteiger partial charge on any atom is 0.321 e. The summed E-state index contributed by atoms with van der Waals surface area (Å²) >= 11 is 0. The molecule has 1 aromatic rings. The number of aliphatic hydroxyl groups excluding tert-OH is 1. The third-order valence-corrected chi connectivity index (χ3v) is 3.68. The van der Waals surface area contributed by atoms with E-state index >= 15 is 0 Å². The van der Waals surface area contributed by atoms with Crippen molar-refractivity contribution in [2.24, 2.45) is 0 Å². The molecule has 6 heteroatoms. The van der Waals surface area contributed by atoms with Gasteiger partial charge in [-0.15, -0.1) is 0 Å². The van der Waals surface area contributed by atoms with Crippen LogP contribution in [0.15, 0.2) is 30.5 Å². The number of hydrogen-bond donors (Lipinski definition) is 2. The zero-order valence-electron chi connectivity index (χ0n) is 12.9. The number of piperazine rings is 1. The van der Waals surface area contributed by atoms with E-state index in [9.17, 15) is 4.79 Å². The predicted molar refractivity (Wildman–Crippen MR) is 85.7 cm³/mol. The first-order valence-electron chi connectivity index (χ1n) is 7.43. The van der Waals surface area contributed by atoms with Crippen LogP contribution in [0.3, 0.4) is 0 Å². The Morgan fingerprint density at radius 2 is 2.05 bits per heavy atom. The van der Waals surface area contributed by atoms with Crippen molar-refractivity contribution in [2.45, 2.75) is 0 Å². The summed E-state index contributed by atoms with van der Waals surface area (Å²) in [6.07, 6.45) is 3.46. The number of carbonyl (C=O) groups is 1. The van der Waals surface area contributed by atoms with Gasteiger partial charge in [0.1, 0.15) is 5.75 Å². The number of rotatable bonds is 5. The highest BCUT2D eigenvalue weighted by Gasteiger charge is 2.19. The standard InChI is InChI=1S/C16H23N3O3/c1-22-15-5-3-2-4-14(15)6-7-17-16(21)19-10-8-18(9-11-19)12-13-20/h2-7,20H,8-13H2,1H3,(H,17,21)/b7-6+. The van der Waals surface area contributed by atoms with Crippen LogP contribution < -0.4 is 10.1 Å². The zero-order valence-corrected chi connectivity index (χ0v) is 12.9. The normalized spacial score (nSPS) is 16.0. The molecule has 22 heavy (non-hydrogen) atoms. The van der Waals surface area contributed by atoms with Gasteiger partial charge in [0.15, 0.2) is 0 Å². The molecule has 0 aromatic heterocycles. The molecule has 1 fully saturated rings. The fourth-order valence-electron chi connectivity index (χ4n) is 2.41. The molecule has 0 bridgehead atoms. The topological polar surface area (TPSA) is 65.0 Å². The van der Waals surface area contributed by atoms with Crippen molar-refractivity contribution in [1.29, 1.82) is 0 Å². The number of nitrogens with zero attached hydrogens (tertiary/aromatic N) is 2. The van der Waals surface area contributed by atoms with Crippen molar-refractivity contribution in [1.82, 2.24) is 15.1 Å². The first-order valence-corrected chi connectivity index (χ1v) is 7.43. The van der Waals surface area contributed by atoms with Gasteiger partial charge in [0, 0.05) is 44.5 Å². The molecular weight excluding hydrogens is 282 g/mol. The highest BCUT2D eigenvalue weighted by atomic mass is 16.5. The predicted octanol–water partition coefficient (Wildman–Crippen LogP) is 0.985. The van der Waals surface area contributed by atoms with E-state index in [1.165, 1.54) is 0 Å². The van der Waals surface area contributed by atoms with Crippen molar-refractivity contribution in [3.8, 4) is 5.75 Å². The Bertz CT molecular complexity index is 511. The Balaban J connectivity index is 1.82. The van der Waals surface area contributed by atoms with Crippen molar-refractivity contribution >= 4 is 12.1 Å². The Labute approximate surface area is 131 Å². The van der Waals surface area contributed by atoms with Crippen LogP contribution in [-0.4, -0.2) is 67.4 Å². The van der Waals surface area contributed by atoms with E-state index in [4.69, 9.17) is 9.84 Å². The van der Waals surface area contributed by atoms with E-state index < -0.39 is 0 Å². The number of β-amino-alcohol motifs (C(OH)–C–C–N with tert-alkyl or cyclic N) is 1. The lowest BCUT2D eigenvalue weighted by Crippen LogP contribution is -2.51. The van der Waals surface area contributed by atoms with Crippen LogP contribution in [0.1, 0.15) is 5.56 Å². The molecular formula is C16H23N3O3. The first-order chi connectivity index (χ1) is 10.7. The van der Waals surface area contributed by atoms with E-state index in [1.54, 1.807) is 18.2 Å². The molecule has 1 heterocycles. The Hall–Kier alpha value is -2.05. The van der Waals surface area contributed by atoms with Gasteiger partial charge in [0.2, 0.25) is 0 Å². The van der Waals surface area contributed by atoms with E-state index in [0.29, 0.717) is 19.6 Å². The fraction of sp³-hybridized carbons (Fsp3) is 0.438. The minimum absolute atomic E-state index is 0.102. The lowest BCUT2D eigenvalue weighted by atomic mass is 10.2. The second-order valence-electron chi connectivity index (χ2n) is 5.08. The van der Waals surface area contributed by atoms with Crippen LogP contribution >= 0.6 is 0 Å². The Kier molecular flexibility index (Phi) is 6.24. The maximum atomic E-state index is 12.1. The summed E-state index contributed by atoms with van der Waals surface area (Å²) in [5.41, 5.74) is 0.915. The molecule has 0 saturated carbocycles. The summed E-state index contributed by atoms with van der Waals surface area (Å²) in [6, 6.07) is 7.52. The highest BCUT2D eigenvalue weighted by Crippen LogP contribution is 2.18. The molecule has 0 atom stereocenters. The number of amides is 2. The Morgan fingerprint density at radius 3 is 2.73 bits per heavy atom. The van der Waals surface area contributed by atoms with Crippen molar-refractivity contribution < 1.29 is 14.6 Å². The summed E-state index contributed by atoms with van der Waals surface area (Å²) in [5, 5.41) is 11.7. The van der Waals surface area contributed by atoms with Gasteiger partial charge in [-0.1, -0.05) is 18.2 Å². The molecule has 0 unspecified atom stereocenters. The molecule has 1 saturated heterocycles. The van der Waals surface area contributed by atoms with Crippen molar-refractivity contribution in [3.05, 3.63) is 36.0 Å². The summed E-state index contributed by atoms with van der Waals surface area (Å²) in [5.74, 6) is 0.769. The van der Waals surface area contributed by atoms with Crippen LogP contribution in [0.25, 0.3) is 6.08 Å². The van der Waals surface area contributed by atoms with E-state index in [-0.39, 0.29) is 12.6 Å². The molecule has 0 aliphatic carbocycles. The number of aliphatic hydroxyl groups is 1. The molecule has 120 valence electrons. The number of para-hydroxylation sites is 1. The number of methoxy groups -OCH3 is 1. The third-order valence-electron chi connectivity index (χ3n) is 3.68. The lowest BCUT2D eigenvalue weighted by Gasteiger charge is -2.33.